The molecule has 3 rings (SSSR count). The van der Waals surface area contributed by atoms with Crippen molar-refractivity contribution < 1.29 is 27.8 Å². The van der Waals surface area contributed by atoms with E-state index in [1.165, 1.54) is 37.1 Å². The van der Waals surface area contributed by atoms with Crippen molar-refractivity contribution in [3.8, 4) is 11.5 Å². The standard InChI is InChI=1S/C20H19F2N5O4S/c1-27-11-23-26-20(27)32-10-12-3-5-13(6-4-12)17(28)24-25-18(29)14-7-8-15(31-19(21)22)16(9-14)30-2/h3-9,11,19H,10H2,1-2H3,(H,24,28)(H,25,29). The maximum Gasteiger partial charge on any atom is 0.387 e. The summed E-state index contributed by atoms with van der Waals surface area (Å²) in [5.41, 5.74) is 5.98. The highest BCUT2D eigenvalue weighted by Crippen LogP contribution is 2.29. The number of alkyl halides is 2. The van der Waals surface area contributed by atoms with Gasteiger partial charge in [0.1, 0.15) is 6.33 Å². The highest BCUT2D eigenvalue weighted by molar-refractivity contribution is 7.98. The summed E-state index contributed by atoms with van der Waals surface area (Å²) in [4.78, 5) is 24.6. The number of hydrazine groups is 1. The predicted molar refractivity (Wildman–Crippen MR) is 112 cm³/mol. The van der Waals surface area contributed by atoms with Crippen molar-refractivity contribution in [2.45, 2.75) is 17.5 Å². The normalized spacial score (nSPS) is 10.7. The van der Waals surface area contributed by atoms with Gasteiger partial charge < -0.3 is 14.0 Å². The fourth-order valence-electron chi connectivity index (χ4n) is 2.56. The van der Waals surface area contributed by atoms with Gasteiger partial charge in [0.25, 0.3) is 11.8 Å². The van der Waals surface area contributed by atoms with Crippen LogP contribution >= 0.6 is 11.8 Å². The third kappa shape index (κ3) is 5.94. The Bertz CT molecular complexity index is 1090. The number of hydrogen-bond donors (Lipinski definition) is 2. The minimum atomic E-state index is -3.03. The summed E-state index contributed by atoms with van der Waals surface area (Å²) >= 11 is 1.51. The Balaban J connectivity index is 1.54. The van der Waals surface area contributed by atoms with Crippen LogP contribution < -0.4 is 20.3 Å². The number of carbonyl (C=O) groups is 2. The zero-order chi connectivity index (χ0) is 23.1. The third-order valence-corrected chi connectivity index (χ3v) is 5.29. The second kappa shape index (κ2) is 10.6. The second-order valence-electron chi connectivity index (χ2n) is 6.36. The second-order valence-corrected chi connectivity index (χ2v) is 7.30. The Labute approximate surface area is 186 Å². The average Bonchev–Trinajstić information content (AvgIpc) is 3.20. The number of hydrogen-bond acceptors (Lipinski definition) is 7. The molecule has 0 unspecified atom stereocenters. The predicted octanol–water partition coefficient (Wildman–Crippen LogP) is 2.79. The number of ether oxygens (including phenoxy) is 2. The molecule has 2 N–H and O–H groups in total. The minimum absolute atomic E-state index is 0.0425. The number of carbonyl (C=O) groups excluding carboxylic acids is 2. The fourth-order valence-corrected chi connectivity index (χ4v) is 3.41. The van der Waals surface area contributed by atoms with Gasteiger partial charge in [-0.25, -0.2) is 0 Å². The quantitative estimate of drug-likeness (QED) is 0.391. The van der Waals surface area contributed by atoms with Crippen molar-refractivity contribution >= 4 is 23.6 Å². The molecule has 0 aliphatic rings. The van der Waals surface area contributed by atoms with E-state index >= 15 is 0 Å². The first-order chi connectivity index (χ1) is 15.4. The monoisotopic (exact) mass is 463 g/mol. The van der Waals surface area contributed by atoms with E-state index < -0.39 is 18.4 Å². The first-order valence-corrected chi connectivity index (χ1v) is 10.1. The molecule has 0 aliphatic heterocycles. The lowest BCUT2D eigenvalue weighted by molar-refractivity contribution is -0.0512. The average molecular weight is 463 g/mol. The van der Waals surface area contributed by atoms with Crippen LogP contribution in [0.2, 0.25) is 0 Å². The van der Waals surface area contributed by atoms with Crippen LogP contribution in [0.15, 0.2) is 53.9 Å². The molecule has 3 aromatic rings. The number of benzene rings is 2. The Morgan fingerprint density at radius 1 is 1.06 bits per heavy atom. The molecule has 2 amide bonds. The van der Waals surface area contributed by atoms with Crippen LogP contribution in [0.1, 0.15) is 26.3 Å². The van der Waals surface area contributed by atoms with Crippen LogP contribution in [0.25, 0.3) is 0 Å². The van der Waals surface area contributed by atoms with E-state index in [0.717, 1.165) is 10.7 Å². The summed E-state index contributed by atoms with van der Waals surface area (Å²) in [6, 6.07) is 10.5. The molecule has 0 saturated heterocycles. The Morgan fingerprint density at radius 3 is 2.31 bits per heavy atom. The van der Waals surface area contributed by atoms with Gasteiger partial charge in [-0.2, -0.15) is 8.78 Å². The lowest BCUT2D eigenvalue weighted by atomic mass is 10.1. The number of amides is 2. The molecule has 0 radical (unpaired) electrons. The lowest BCUT2D eigenvalue weighted by Crippen LogP contribution is -2.41. The number of nitrogens with zero attached hydrogens (tertiary/aromatic N) is 3. The largest absolute Gasteiger partial charge is 0.493 e. The van der Waals surface area contributed by atoms with Crippen LogP contribution in [-0.4, -0.2) is 40.3 Å². The molecule has 1 heterocycles. The number of rotatable bonds is 8. The molecular formula is C20H19F2N5O4S. The van der Waals surface area contributed by atoms with E-state index in [1.54, 1.807) is 30.6 Å². The number of aromatic nitrogens is 3. The molecule has 0 spiro atoms. The van der Waals surface area contributed by atoms with Gasteiger partial charge in [-0.05, 0) is 35.9 Å². The summed E-state index contributed by atoms with van der Waals surface area (Å²) in [6.07, 6.45) is 1.62. The van der Waals surface area contributed by atoms with Crippen LogP contribution in [0, 0.1) is 0 Å². The van der Waals surface area contributed by atoms with Crippen molar-refractivity contribution in [3.05, 3.63) is 65.5 Å². The minimum Gasteiger partial charge on any atom is -0.493 e. The van der Waals surface area contributed by atoms with Crippen LogP contribution in [0.3, 0.4) is 0 Å². The maximum atomic E-state index is 12.4. The molecule has 12 heteroatoms. The van der Waals surface area contributed by atoms with Crippen LogP contribution in [0.5, 0.6) is 11.5 Å². The van der Waals surface area contributed by atoms with Gasteiger partial charge in [0.15, 0.2) is 16.7 Å². The van der Waals surface area contributed by atoms with Crippen molar-refractivity contribution in [2.75, 3.05) is 7.11 Å². The van der Waals surface area contributed by atoms with Gasteiger partial charge >= 0.3 is 6.61 Å². The van der Waals surface area contributed by atoms with Gasteiger partial charge in [-0.3, -0.25) is 20.4 Å². The molecule has 0 atom stereocenters. The highest BCUT2D eigenvalue weighted by Gasteiger charge is 2.15. The van der Waals surface area contributed by atoms with E-state index in [4.69, 9.17) is 4.74 Å². The topological polar surface area (TPSA) is 107 Å². The van der Waals surface area contributed by atoms with E-state index in [1.807, 2.05) is 11.6 Å². The first kappa shape index (κ1) is 23.0. The van der Waals surface area contributed by atoms with Crippen LogP contribution in [0.4, 0.5) is 8.78 Å². The number of thioether (sulfide) groups is 1. The van der Waals surface area contributed by atoms with Crippen molar-refractivity contribution in [3.63, 3.8) is 0 Å². The lowest BCUT2D eigenvalue weighted by Gasteiger charge is -2.12. The summed E-state index contributed by atoms with van der Waals surface area (Å²) in [5, 5.41) is 8.59. The van der Waals surface area contributed by atoms with Gasteiger partial charge in [0.2, 0.25) is 0 Å². The van der Waals surface area contributed by atoms with Crippen molar-refractivity contribution in [1.82, 2.24) is 25.6 Å². The van der Waals surface area contributed by atoms with Gasteiger partial charge in [0.05, 0.1) is 7.11 Å². The number of nitrogens with one attached hydrogen (secondary N) is 2. The molecule has 0 saturated carbocycles. The first-order valence-electron chi connectivity index (χ1n) is 9.16. The molecule has 168 valence electrons. The molecule has 9 nitrogen and oxygen atoms in total. The zero-order valence-electron chi connectivity index (χ0n) is 17.0. The van der Waals surface area contributed by atoms with Gasteiger partial charge in [0, 0.05) is 23.9 Å². The SMILES string of the molecule is COc1cc(C(=O)NNC(=O)c2ccc(CSc3nncn3C)cc2)ccc1OC(F)F. The van der Waals surface area contributed by atoms with Crippen molar-refractivity contribution in [2.24, 2.45) is 7.05 Å². The van der Waals surface area contributed by atoms with Gasteiger partial charge in [-0.1, -0.05) is 23.9 Å². The van der Waals surface area contributed by atoms with Gasteiger partial charge in [-0.15, -0.1) is 10.2 Å². The number of methoxy groups -OCH3 is 1. The molecule has 0 aliphatic carbocycles. The summed E-state index contributed by atoms with van der Waals surface area (Å²) in [7, 11) is 3.11. The highest BCUT2D eigenvalue weighted by atomic mass is 32.2. The van der Waals surface area contributed by atoms with E-state index in [9.17, 15) is 18.4 Å². The van der Waals surface area contributed by atoms with E-state index in [-0.39, 0.29) is 17.1 Å². The number of aryl methyl sites for hydroxylation is 1. The Hall–Kier alpha value is -3.67. The molecule has 0 fully saturated rings. The molecule has 1 aromatic heterocycles. The van der Waals surface area contributed by atoms with E-state index in [2.05, 4.69) is 25.8 Å². The molecular weight excluding hydrogens is 444 g/mol. The Kier molecular flexibility index (Phi) is 7.60. The smallest absolute Gasteiger partial charge is 0.387 e. The zero-order valence-corrected chi connectivity index (χ0v) is 17.9. The van der Waals surface area contributed by atoms with Crippen molar-refractivity contribution in [1.29, 1.82) is 0 Å². The van der Waals surface area contributed by atoms with Crippen LogP contribution in [-0.2, 0) is 12.8 Å². The summed E-state index contributed by atoms with van der Waals surface area (Å²) in [6.45, 7) is -3.03. The summed E-state index contributed by atoms with van der Waals surface area (Å²) < 4.78 is 35.9. The van der Waals surface area contributed by atoms with E-state index in [0.29, 0.717) is 11.3 Å². The molecule has 32 heavy (non-hydrogen) atoms. The molecule has 0 bridgehead atoms. The third-order valence-electron chi connectivity index (χ3n) is 4.19. The summed E-state index contributed by atoms with van der Waals surface area (Å²) in [5.74, 6) is -0.773. The number of halogens is 2. The molecule has 2 aromatic carbocycles. The maximum absolute atomic E-state index is 12.4. The Morgan fingerprint density at radius 2 is 1.72 bits per heavy atom. The fraction of sp³-hybridized carbons (Fsp3) is 0.200.